The summed E-state index contributed by atoms with van der Waals surface area (Å²) in [7, 11) is 4.14. The Balaban J connectivity index is 1.46. The SMILES string of the molecule is Cc1nnc(CN(C)C2CCN(CC(O)Cn3cccn3)C2)n1C. The first-order valence-corrected chi connectivity index (χ1v) is 8.46. The van der Waals surface area contributed by atoms with Gasteiger partial charge in [-0.15, -0.1) is 10.2 Å². The van der Waals surface area contributed by atoms with Crippen molar-refractivity contribution in [3.63, 3.8) is 0 Å². The van der Waals surface area contributed by atoms with Crippen molar-refractivity contribution in [3.8, 4) is 0 Å². The molecule has 1 fully saturated rings. The van der Waals surface area contributed by atoms with Crippen molar-refractivity contribution in [2.75, 3.05) is 26.7 Å². The van der Waals surface area contributed by atoms with Crippen LogP contribution in [0.2, 0.25) is 0 Å². The van der Waals surface area contributed by atoms with E-state index in [9.17, 15) is 5.11 Å². The molecular formula is C16H27N7O. The number of β-amino-alcohol motifs (C(OH)–C–C–N with tert-alkyl or cyclic N) is 1. The van der Waals surface area contributed by atoms with Gasteiger partial charge in [-0.3, -0.25) is 14.5 Å². The van der Waals surface area contributed by atoms with E-state index in [2.05, 4.69) is 32.1 Å². The fourth-order valence-corrected chi connectivity index (χ4v) is 3.26. The van der Waals surface area contributed by atoms with Crippen molar-refractivity contribution < 1.29 is 5.11 Å². The van der Waals surface area contributed by atoms with Crippen LogP contribution in [0.1, 0.15) is 18.1 Å². The lowest BCUT2D eigenvalue weighted by Crippen LogP contribution is -2.38. The number of aromatic nitrogens is 5. The molecule has 2 aromatic rings. The van der Waals surface area contributed by atoms with Crippen LogP contribution in [0.25, 0.3) is 0 Å². The molecule has 0 radical (unpaired) electrons. The summed E-state index contributed by atoms with van der Waals surface area (Å²) >= 11 is 0. The topological polar surface area (TPSA) is 75.2 Å². The van der Waals surface area contributed by atoms with Crippen molar-refractivity contribution in [1.82, 2.24) is 34.3 Å². The first kappa shape index (κ1) is 17.1. The zero-order chi connectivity index (χ0) is 17.1. The molecule has 0 saturated carbocycles. The van der Waals surface area contributed by atoms with Gasteiger partial charge in [0.2, 0.25) is 0 Å². The highest BCUT2D eigenvalue weighted by molar-refractivity contribution is 4.94. The zero-order valence-electron chi connectivity index (χ0n) is 14.7. The Morgan fingerprint density at radius 3 is 2.88 bits per heavy atom. The molecule has 0 aromatic carbocycles. The van der Waals surface area contributed by atoms with Crippen molar-refractivity contribution in [2.24, 2.45) is 7.05 Å². The minimum Gasteiger partial charge on any atom is -0.390 e. The summed E-state index contributed by atoms with van der Waals surface area (Å²) in [5.41, 5.74) is 0. The van der Waals surface area contributed by atoms with Crippen molar-refractivity contribution >= 4 is 0 Å². The quantitative estimate of drug-likeness (QED) is 0.762. The molecule has 2 unspecified atom stereocenters. The molecule has 132 valence electrons. The van der Waals surface area contributed by atoms with Crippen LogP contribution in [0, 0.1) is 6.92 Å². The lowest BCUT2D eigenvalue weighted by Gasteiger charge is -2.25. The summed E-state index contributed by atoms with van der Waals surface area (Å²) in [4.78, 5) is 4.67. The number of hydrogen-bond donors (Lipinski definition) is 1. The second kappa shape index (κ2) is 7.42. The van der Waals surface area contributed by atoms with Gasteiger partial charge >= 0.3 is 0 Å². The van der Waals surface area contributed by atoms with Gasteiger partial charge in [0.25, 0.3) is 0 Å². The fraction of sp³-hybridized carbons (Fsp3) is 0.688. The standard InChI is InChI=1S/C16H27N7O/c1-13-18-19-16(21(13)3)12-20(2)14-5-8-22(9-14)10-15(24)11-23-7-4-6-17-23/h4,6-7,14-15,24H,5,8-12H2,1-3H3. The lowest BCUT2D eigenvalue weighted by atomic mass is 10.2. The molecule has 8 nitrogen and oxygen atoms in total. The maximum atomic E-state index is 10.2. The van der Waals surface area contributed by atoms with Crippen LogP contribution in [-0.2, 0) is 20.1 Å². The number of hydrogen-bond acceptors (Lipinski definition) is 6. The predicted octanol–water partition coefficient (Wildman–Crippen LogP) is -0.113. The summed E-state index contributed by atoms with van der Waals surface area (Å²) in [6, 6.07) is 2.36. The van der Waals surface area contributed by atoms with Gasteiger partial charge in [0.1, 0.15) is 11.6 Å². The number of nitrogens with zero attached hydrogens (tertiary/aromatic N) is 7. The van der Waals surface area contributed by atoms with Gasteiger partial charge < -0.3 is 9.67 Å². The molecule has 0 spiro atoms. The molecule has 3 rings (SSSR count). The van der Waals surface area contributed by atoms with Crippen molar-refractivity contribution in [1.29, 1.82) is 0 Å². The molecule has 0 aliphatic carbocycles. The molecule has 2 atom stereocenters. The minimum atomic E-state index is -0.393. The molecule has 2 aromatic heterocycles. The number of likely N-dealkylation sites (N-methyl/N-ethyl adjacent to an activating group) is 1. The Labute approximate surface area is 142 Å². The second-order valence-electron chi connectivity index (χ2n) is 6.72. The third-order valence-corrected chi connectivity index (χ3v) is 4.87. The fourth-order valence-electron chi connectivity index (χ4n) is 3.26. The van der Waals surface area contributed by atoms with E-state index in [1.165, 1.54) is 0 Å². The Bertz CT molecular complexity index is 639. The lowest BCUT2D eigenvalue weighted by molar-refractivity contribution is 0.101. The molecular weight excluding hydrogens is 306 g/mol. The van der Waals surface area contributed by atoms with E-state index in [-0.39, 0.29) is 0 Å². The van der Waals surface area contributed by atoms with Gasteiger partial charge in [0.05, 0.1) is 19.2 Å². The normalized spacial score (nSPS) is 20.1. The molecule has 1 aliphatic rings. The van der Waals surface area contributed by atoms with Crippen LogP contribution in [0.3, 0.4) is 0 Å². The Kier molecular flexibility index (Phi) is 5.27. The van der Waals surface area contributed by atoms with Gasteiger partial charge in [-0.25, -0.2) is 0 Å². The summed E-state index contributed by atoms with van der Waals surface area (Å²) in [6.07, 6.45) is 4.34. The molecule has 0 amide bonds. The highest BCUT2D eigenvalue weighted by Crippen LogP contribution is 2.16. The van der Waals surface area contributed by atoms with E-state index in [0.717, 1.165) is 37.7 Å². The monoisotopic (exact) mass is 333 g/mol. The van der Waals surface area contributed by atoms with Gasteiger partial charge in [0.15, 0.2) is 0 Å². The van der Waals surface area contributed by atoms with Gasteiger partial charge in [-0.1, -0.05) is 0 Å². The van der Waals surface area contributed by atoms with E-state index in [1.54, 1.807) is 10.9 Å². The van der Waals surface area contributed by atoms with Crippen LogP contribution in [-0.4, -0.2) is 78.3 Å². The van der Waals surface area contributed by atoms with Crippen LogP contribution in [0.4, 0.5) is 0 Å². The average molecular weight is 333 g/mol. The maximum absolute atomic E-state index is 10.2. The molecule has 1 aliphatic heterocycles. The van der Waals surface area contributed by atoms with Crippen LogP contribution < -0.4 is 0 Å². The highest BCUT2D eigenvalue weighted by atomic mass is 16.3. The predicted molar refractivity (Wildman–Crippen MR) is 90.3 cm³/mol. The van der Waals surface area contributed by atoms with Crippen molar-refractivity contribution in [3.05, 3.63) is 30.1 Å². The number of rotatable bonds is 7. The largest absolute Gasteiger partial charge is 0.390 e. The Morgan fingerprint density at radius 1 is 1.38 bits per heavy atom. The number of aliphatic hydroxyl groups excluding tert-OH is 1. The molecule has 3 heterocycles. The van der Waals surface area contributed by atoms with E-state index >= 15 is 0 Å². The first-order valence-electron chi connectivity index (χ1n) is 8.46. The summed E-state index contributed by atoms with van der Waals surface area (Å²) in [6.45, 7) is 5.99. The summed E-state index contributed by atoms with van der Waals surface area (Å²) in [5, 5.41) is 22.8. The third-order valence-electron chi connectivity index (χ3n) is 4.87. The van der Waals surface area contributed by atoms with Gasteiger partial charge in [-0.2, -0.15) is 5.10 Å². The van der Waals surface area contributed by atoms with E-state index in [0.29, 0.717) is 19.1 Å². The zero-order valence-corrected chi connectivity index (χ0v) is 14.7. The average Bonchev–Trinajstić information content (AvgIpc) is 3.26. The molecule has 24 heavy (non-hydrogen) atoms. The third kappa shape index (κ3) is 4.00. The second-order valence-corrected chi connectivity index (χ2v) is 6.72. The van der Waals surface area contributed by atoms with Gasteiger partial charge in [-0.05, 0) is 33.0 Å². The maximum Gasteiger partial charge on any atom is 0.146 e. The molecule has 1 saturated heterocycles. The summed E-state index contributed by atoms with van der Waals surface area (Å²) < 4.78 is 3.82. The van der Waals surface area contributed by atoms with Crippen LogP contribution in [0.15, 0.2) is 18.5 Å². The molecule has 0 bridgehead atoms. The number of aryl methyl sites for hydroxylation is 1. The molecule has 1 N–H and O–H groups in total. The summed E-state index contributed by atoms with van der Waals surface area (Å²) in [5.74, 6) is 1.93. The first-order chi connectivity index (χ1) is 11.5. The van der Waals surface area contributed by atoms with E-state index in [4.69, 9.17) is 0 Å². The smallest absolute Gasteiger partial charge is 0.146 e. The van der Waals surface area contributed by atoms with E-state index < -0.39 is 6.10 Å². The Morgan fingerprint density at radius 2 is 2.21 bits per heavy atom. The van der Waals surface area contributed by atoms with Crippen LogP contribution >= 0.6 is 0 Å². The van der Waals surface area contributed by atoms with Crippen LogP contribution in [0.5, 0.6) is 0 Å². The van der Waals surface area contributed by atoms with Gasteiger partial charge in [0, 0.05) is 38.6 Å². The number of likely N-dealkylation sites (tertiary alicyclic amines) is 1. The molecule has 8 heteroatoms. The van der Waals surface area contributed by atoms with E-state index in [1.807, 2.05) is 30.8 Å². The highest BCUT2D eigenvalue weighted by Gasteiger charge is 2.27. The number of aliphatic hydroxyl groups is 1. The van der Waals surface area contributed by atoms with Crippen molar-refractivity contribution in [2.45, 2.75) is 38.6 Å². The Hall–Kier alpha value is -1.77. The minimum absolute atomic E-state index is 0.393.